The molecule has 0 fully saturated rings. The van der Waals surface area contributed by atoms with Crippen molar-refractivity contribution in [2.24, 2.45) is 5.92 Å². The molecule has 130 valence electrons. The molecule has 0 amide bonds. The van der Waals surface area contributed by atoms with Gasteiger partial charge in [0.25, 0.3) is 0 Å². The molecule has 25 heavy (non-hydrogen) atoms. The van der Waals surface area contributed by atoms with E-state index in [2.05, 4.69) is 21.7 Å². The van der Waals surface area contributed by atoms with Gasteiger partial charge in [-0.25, -0.2) is 4.98 Å². The van der Waals surface area contributed by atoms with E-state index in [1.807, 2.05) is 49.1 Å². The Morgan fingerprint density at radius 2 is 1.72 bits per heavy atom. The van der Waals surface area contributed by atoms with Crippen molar-refractivity contribution in [1.29, 1.82) is 0 Å². The first-order valence-electron chi connectivity index (χ1n) is 8.24. The molecule has 0 aliphatic carbocycles. The average Bonchev–Trinajstić information content (AvgIpc) is 3.09. The minimum absolute atomic E-state index is 0.474. The highest BCUT2D eigenvalue weighted by Crippen LogP contribution is 2.25. The SMILES string of the molecule is Clc1ccc(CC(CCc2ccc(Cl)cc2Cl)Cn2ccnc2)cc1. The van der Waals surface area contributed by atoms with E-state index < -0.39 is 0 Å². The van der Waals surface area contributed by atoms with Crippen LogP contribution in [0.2, 0.25) is 15.1 Å². The summed E-state index contributed by atoms with van der Waals surface area (Å²) in [7, 11) is 0. The minimum atomic E-state index is 0.474. The number of benzene rings is 2. The molecule has 3 rings (SSSR count). The fraction of sp³-hybridized carbons (Fsp3) is 0.250. The van der Waals surface area contributed by atoms with Gasteiger partial charge in [-0.05, 0) is 60.6 Å². The summed E-state index contributed by atoms with van der Waals surface area (Å²) in [5.74, 6) is 0.474. The van der Waals surface area contributed by atoms with Crippen LogP contribution in [0.15, 0.2) is 61.2 Å². The molecule has 0 aliphatic heterocycles. The normalized spacial score (nSPS) is 12.3. The number of halogens is 3. The lowest BCUT2D eigenvalue weighted by molar-refractivity contribution is 0.412. The number of nitrogens with zero attached hydrogens (tertiary/aromatic N) is 2. The second-order valence-electron chi connectivity index (χ2n) is 6.23. The number of aromatic nitrogens is 2. The molecule has 5 heteroatoms. The van der Waals surface area contributed by atoms with Crippen molar-refractivity contribution in [3.05, 3.63) is 87.4 Å². The smallest absolute Gasteiger partial charge is 0.0945 e. The maximum absolute atomic E-state index is 6.32. The van der Waals surface area contributed by atoms with E-state index in [-0.39, 0.29) is 0 Å². The Labute approximate surface area is 163 Å². The van der Waals surface area contributed by atoms with Crippen LogP contribution in [0.3, 0.4) is 0 Å². The molecule has 1 heterocycles. The largest absolute Gasteiger partial charge is 0.337 e. The Kier molecular flexibility index (Phi) is 6.41. The van der Waals surface area contributed by atoms with Gasteiger partial charge < -0.3 is 4.57 Å². The van der Waals surface area contributed by atoms with Crippen LogP contribution < -0.4 is 0 Å². The Hall–Kier alpha value is -1.48. The standard InChI is InChI=1S/C20H19Cl3N2/c21-18-6-2-15(3-7-18)11-16(13-25-10-9-24-14-25)1-4-17-5-8-19(22)12-20(17)23/h2-3,5-10,12,14,16H,1,4,11,13H2. The van der Waals surface area contributed by atoms with Crippen LogP contribution in [-0.4, -0.2) is 9.55 Å². The summed E-state index contributed by atoms with van der Waals surface area (Å²) in [6.45, 7) is 0.924. The molecule has 0 N–H and O–H groups in total. The first-order chi connectivity index (χ1) is 12.1. The van der Waals surface area contributed by atoms with Gasteiger partial charge in [-0.2, -0.15) is 0 Å². The average molecular weight is 394 g/mol. The zero-order valence-electron chi connectivity index (χ0n) is 13.7. The summed E-state index contributed by atoms with van der Waals surface area (Å²) in [5, 5.41) is 2.17. The van der Waals surface area contributed by atoms with Crippen LogP contribution in [0, 0.1) is 5.92 Å². The van der Waals surface area contributed by atoms with Crippen molar-refractivity contribution >= 4 is 34.8 Å². The lowest BCUT2D eigenvalue weighted by Gasteiger charge is -2.18. The third kappa shape index (κ3) is 5.50. The van der Waals surface area contributed by atoms with E-state index in [0.29, 0.717) is 10.9 Å². The van der Waals surface area contributed by atoms with Gasteiger partial charge in [0.1, 0.15) is 0 Å². The second-order valence-corrected chi connectivity index (χ2v) is 7.51. The summed E-state index contributed by atoms with van der Waals surface area (Å²) in [6.07, 6.45) is 8.62. The van der Waals surface area contributed by atoms with Crippen molar-refractivity contribution < 1.29 is 0 Å². The van der Waals surface area contributed by atoms with Crippen LogP contribution in [-0.2, 0) is 19.4 Å². The zero-order chi connectivity index (χ0) is 17.6. The minimum Gasteiger partial charge on any atom is -0.337 e. The van der Waals surface area contributed by atoms with Gasteiger partial charge in [0.05, 0.1) is 6.33 Å². The summed E-state index contributed by atoms with van der Waals surface area (Å²) in [4.78, 5) is 4.15. The van der Waals surface area contributed by atoms with Crippen molar-refractivity contribution in [2.75, 3.05) is 0 Å². The molecule has 0 radical (unpaired) electrons. The Morgan fingerprint density at radius 1 is 0.960 bits per heavy atom. The van der Waals surface area contributed by atoms with E-state index in [1.54, 1.807) is 0 Å². The Morgan fingerprint density at radius 3 is 2.40 bits per heavy atom. The van der Waals surface area contributed by atoms with Gasteiger partial charge in [0.15, 0.2) is 0 Å². The fourth-order valence-corrected chi connectivity index (χ4v) is 3.62. The van der Waals surface area contributed by atoms with Crippen LogP contribution in [0.4, 0.5) is 0 Å². The summed E-state index contributed by atoms with van der Waals surface area (Å²) in [6, 6.07) is 13.8. The topological polar surface area (TPSA) is 17.8 Å². The molecule has 1 unspecified atom stereocenters. The third-order valence-corrected chi connectivity index (χ3v) is 5.14. The first-order valence-corrected chi connectivity index (χ1v) is 9.37. The molecule has 0 spiro atoms. The molecule has 3 aromatic rings. The van der Waals surface area contributed by atoms with E-state index in [9.17, 15) is 0 Å². The van der Waals surface area contributed by atoms with Crippen molar-refractivity contribution in [3.8, 4) is 0 Å². The van der Waals surface area contributed by atoms with Gasteiger partial charge in [0.2, 0.25) is 0 Å². The second kappa shape index (κ2) is 8.75. The number of aryl methyl sites for hydroxylation is 1. The fourth-order valence-electron chi connectivity index (χ4n) is 2.99. The zero-order valence-corrected chi connectivity index (χ0v) is 16.0. The van der Waals surface area contributed by atoms with Gasteiger partial charge in [0, 0.05) is 34.0 Å². The molecule has 0 aliphatic rings. The van der Waals surface area contributed by atoms with E-state index in [1.165, 1.54) is 5.56 Å². The number of rotatable bonds is 7. The molecule has 0 saturated carbocycles. The summed E-state index contributed by atoms with van der Waals surface area (Å²) in [5.41, 5.74) is 2.43. The molecular weight excluding hydrogens is 375 g/mol. The van der Waals surface area contributed by atoms with Gasteiger partial charge in [-0.3, -0.25) is 0 Å². The quantitative estimate of drug-likeness (QED) is 0.458. The van der Waals surface area contributed by atoms with Gasteiger partial charge >= 0.3 is 0 Å². The molecular formula is C20H19Cl3N2. The number of hydrogen-bond donors (Lipinski definition) is 0. The maximum atomic E-state index is 6.32. The van der Waals surface area contributed by atoms with Crippen molar-refractivity contribution in [3.63, 3.8) is 0 Å². The Balaban J connectivity index is 1.70. The lowest BCUT2D eigenvalue weighted by Crippen LogP contribution is -2.14. The maximum Gasteiger partial charge on any atom is 0.0945 e. The highest BCUT2D eigenvalue weighted by Gasteiger charge is 2.13. The van der Waals surface area contributed by atoms with Crippen molar-refractivity contribution in [2.45, 2.75) is 25.8 Å². The predicted octanol–water partition coefficient (Wildman–Crippen LogP) is 6.34. The number of hydrogen-bond acceptors (Lipinski definition) is 1. The first kappa shape index (κ1) is 18.3. The molecule has 0 bridgehead atoms. The molecule has 0 saturated heterocycles. The monoisotopic (exact) mass is 392 g/mol. The molecule has 2 aromatic carbocycles. The van der Waals surface area contributed by atoms with E-state index in [4.69, 9.17) is 34.8 Å². The van der Waals surface area contributed by atoms with E-state index in [0.717, 1.165) is 41.4 Å². The van der Waals surface area contributed by atoms with E-state index >= 15 is 0 Å². The van der Waals surface area contributed by atoms with Gasteiger partial charge in [-0.15, -0.1) is 0 Å². The van der Waals surface area contributed by atoms with Crippen LogP contribution in [0.1, 0.15) is 17.5 Å². The summed E-state index contributed by atoms with van der Waals surface area (Å²) >= 11 is 18.3. The molecule has 1 aromatic heterocycles. The highest BCUT2D eigenvalue weighted by molar-refractivity contribution is 6.35. The molecule has 2 nitrogen and oxygen atoms in total. The van der Waals surface area contributed by atoms with Gasteiger partial charge in [-0.1, -0.05) is 53.0 Å². The molecule has 1 atom stereocenters. The Bertz CT molecular complexity index is 798. The highest BCUT2D eigenvalue weighted by atomic mass is 35.5. The van der Waals surface area contributed by atoms with Crippen LogP contribution in [0.25, 0.3) is 0 Å². The van der Waals surface area contributed by atoms with Crippen molar-refractivity contribution in [1.82, 2.24) is 9.55 Å². The van der Waals surface area contributed by atoms with Crippen LogP contribution >= 0.6 is 34.8 Å². The van der Waals surface area contributed by atoms with Crippen LogP contribution in [0.5, 0.6) is 0 Å². The third-order valence-electron chi connectivity index (χ3n) is 4.30. The predicted molar refractivity (Wildman–Crippen MR) is 106 cm³/mol. The summed E-state index contributed by atoms with van der Waals surface area (Å²) < 4.78 is 2.13. The lowest BCUT2D eigenvalue weighted by atomic mass is 9.92. The number of imidazole rings is 1.